The first-order valence-electron chi connectivity index (χ1n) is 6.03. The number of hydrogen-bond donors (Lipinski definition) is 1. The number of carboxylic acids is 1. The van der Waals surface area contributed by atoms with Crippen LogP contribution in [-0.4, -0.2) is 17.7 Å². The van der Waals surface area contributed by atoms with E-state index in [0.29, 0.717) is 13.0 Å². The Bertz CT molecular complexity index is 385. The highest BCUT2D eigenvalue weighted by Gasteiger charge is 2.25. The lowest BCUT2D eigenvalue weighted by Crippen LogP contribution is -2.23. The van der Waals surface area contributed by atoms with Crippen LogP contribution in [-0.2, 0) is 4.79 Å². The third-order valence-electron chi connectivity index (χ3n) is 2.86. The van der Waals surface area contributed by atoms with Crippen molar-refractivity contribution in [1.29, 1.82) is 0 Å². The molecular weight excluding hydrogens is 296 g/mol. The molecule has 1 aromatic rings. The lowest BCUT2D eigenvalue weighted by atomic mass is 9.87. The van der Waals surface area contributed by atoms with Gasteiger partial charge in [0.1, 0.15) is 5.75 Å². The minimum Gasteiger partial charge on any atom is -0.494 e. The molecule has 0 aliphatic carbocycles. The fourth-order valence-electron chi connectivity index (χ4n) is 1.50. The van der Waals surface area contributed by atoms with E-state index in [0.717, 1.165) is 23.1 Å². The predicted octanol–water partition coefficient (Wildman–Crippen LogP) is 4.11. The third-order valence-corrected chi connectivity index (χ3v) is 3.39. The molecule has 0 aliphatic heterocycles. The largest absolute Gasteiger partial charge is 0.494 e. The normalized spacial score (nSPS) is 11.3. The summed E-state index contributed by atoms with van der Waals surface area (Å²) in [5.41, 5.74) is -0.641. The standard InChI is InChI=1S/C14H19BrO3/c1-14(2,13(16)17)9-3-4-10-18-12-7-5-11(15)6-8-12/h5-8H,3-4,9-10H2,1-2H3,(H,16,17). The van der Waals surface area contributed by atoms with Crippen molar-refractivity contribution in [2.75, 3.05) is 6.61 Å². The highest BCUT2D eigenvalue weighted by atomic mass is 79.9. The van der Waals surface area contributed by atoms with Gasteiger partial charge in [0.15, 0.2) is 0 Å². The average molecular weight is 315 g/mol. The van der Waals surface area contributed by atoms with E-state index < -0.39 is 11.4 Å². The van der Waals surface area contributed by atoms with Crippen molar-refractivity contribution < 1.29 is 14.6 Å². The average Bonchev–Trinajstić information content (AvgIpc) is 2.31. The highest BCUT2D eigenvalue weighted by Crippen LogP contribution is 2.23. The Morgan fingerprint density at radius 2 is 1.89 bits per heavy atom. The molecule has 0 heterocycles. The topological polar surface area (TPSA) is 46.5 Å². The lowest BCUT2D eigenvalue weighted by molar-refractivity contribution is -0.147. The maximum Gasteiger partial charge on any atom is 0.309 e. The first-order valence-corrected chi connectivity index (χ1v) is 6.83. The van der Waals surface area contributed by atoms with Crippen LogP contribution in [0, 0.1) is 5.41 Å². The number of carbonyl (C=O) groups is 1. The molecule has 1 rings (SSSR count). The molecule has 0 atom stereocenters. The Morgan fingerprint density at radius 1 is 1.28 bits per heavy atom. The minimum absolute atomic E-state index is 0.622. The van der Waals surface area contributed by atoms with Gasteiger partial charge in [-0.1, -0.05) is 15.9 Å². The Balaban J connectivity index is 2.20. The summed E-state index contributed by atoms with van der Waals surface area (Å²) in [7, 11) is 0. The molecule has 0 bridgehead atoms. The monoisotopic (exact) mass is 314 g/mol. The summed E-state index contributed by atoms with van der Waals surface area (Å²) in [5.74, 6) is 0.104. The molecule has 0 spiro atoms. The molecule has 0 saturated carbocycles. The molecule has 1 N–H and O–H groups in total. The Kier molecular flexibility index (Phi) is 5.66. The molecule has 0 unspecified atom stereocenters. The smallest absolute Gasteiger partial charge is 0.309 e. The number of unbranched alkanes of at least 4 members (excludes halogenated alkanes) is 1. The first-order chi connectivity index (χ1) is 8.42. The second-order valence-electron chi connectivity index (χ2n) is 4.95. The maximum absolute atomic E-state index is 10.9. The molecule has 0 saturated heterocycles. The number of halogens is 1. The summed E-state index contributed by atoms with van der Waals surface area (Å²) in [4.78, 5) is 10.9. The van der Waals surface area contributed by atoms with E-state index in [1.807, 2.05) is 24.3 Å². The van der Waals surface area contributed by atoms with Crippen LogP contribution in [0.25, 0.3) is 0 Å². The van der Waals surface area contributed by atoms with Crippen molar-refractivity contribution in [3.05, 3.63) is 28.7 Å². The quantitative estimate of drug-likeness (QED) is 0.770. The molecule has 100 valence electrons. The van der Waals surface area contributed by atoms with Crippen molar-refractivity contribution in [3.8, 4) is 5.75 Å². The van der Waals surface area contributed by atoms with Gasteiger partial charge in [0.2, 0.25) is 0 Å². The van der Waals surface area contributed by atoms with E-state index in [4.69, 9.17) is 9.84 Å². The van der Waals surface area contributed by atoms with Crippen molar-refractivity contribution in [2.45, 2.75) is 33.1 Å². The Labute approximate surface area is 116 Å². The van der Waals surface area contributed by atoms with Gasteiger partial charge < -0.3 is 9.84 Å². The number of benzene rings is 1. The van der Waals surface area contributed by atoms with Gasteiger partial charge in [-0.2, -0.15) is 0 Å². The summed E-state index contributed by atoms with van der Waals surface area (Å²) in [6, 6.07) is 7.68. The van der Waals surface area contributed by atoms with Crippen LogP contribution in [0.3, 0.4) is 0 Å². The van der Waals surface area contributed by atoms with Crippen molar-refractivity contribution in [1.82, 2.24) is 0 Å². The molecule has 1 aromatic carbocycles. The lowest BCUT2D eigenvalue weighted by Gasteiger charge is -2.18. The predicted molar refractivity (Wildman–Crippen MR) is 74.9 cm³/mol. The van der Waals surface area contributed by atoms with Gasteiger partial charge in [-0.3, -0.25) is 4.79 Å². The van der Waals surface area contributed by atoms with E-state index in [9.17, 15) is 4.79 Å². The SMILES string of the molecule is CC(C)(CCCCOc1ccc(Br)cc1)C(=O)O. The zero-order chi connectivity index (χ0) is 13.6. The van der Waals surface area contributed by atoms with E-state index in [1.165, 1.54) is 0 Å². The van der Waals surface area contributed by atoms with Crippen LogP contribution in [0.2, 0.25) is 0 Å². The molecule has 4 heteroatoms. The fraction of sp³-hybridized carbons (Fsp3) is 0.500. The number of aliphatic carboxylic acids is 1. The third kappa shape index (κ3) is 5.08. The summed E-state index contributed by atoms with van der Waals surface area (Å²) in [5, 5.41) is 8.97. The van der Waals surface area contributed by atoms with Gasteiger partial charge in [-0.25, -0.2) is 0 Å². The number of rotatable bonds is 7. The fourth-order valence-corrected chi connectivity index (χ4v) is 1.76. The van der Waals surface area contributed by atoms with Gasteiger partial charge in [-0.15, -0.1) is 0 Å². The minimum atomic E-state index is -0.740. The van der Waals surface area contributed by atoms with Gasteiger partial charge in [0, 0.05) is 4.47 Å². The summed E-state index contributed by atoms with van der Waals surface area (Å²) in [6.07, 6.45) is 2.40. The van der Waals surface area contributed by atoms with Gasteiger partial charge in [-0.05, 0) is 57.4 Å². The van der Waals surface area contributed by atoms with Crippen LogP contribution >= 0.6 is 15.9 Å². The van der Waals surface area contributed by atoms with Crippen molar-refractivity contribution >= 4 is 21.9 Å². The van der Waals surface area contributed by atoms with Gasteiger partial charge in [0.05, 0.1) is 12.0 Å². The zero-order valence-corrected chi connectivity index (χ0v) is 12.4. The second-order valence-corrected chi connectivity index (χ2v) is 5.86. The summed E-state index contributed by atoms with van der Waals surface area (Å²) in [6.45, 7) is 4.13. The molecule has 0 fully saturated rings. The van der Waals surface area contributed by atoms with E-state index >= 15 is 0 Å². The number of hydrogen-bond acceptors (Lipinski definition) is 2. The molecule has 0 aromatic heterocycles. The Morgan fingerprint density at radius 3 is 2.44 bits per heavy atom. The molecule has 0 radical (unpaired) electrons. The summed E-state index contributed by atoms with van der Waals surface area (Å²) >= 11 is 3.36. The molecule has 0 aliphatic rings. The van der Waals surface area contributed by atoms with Crippen molar-refractivity contribution in [3.63, 3.8) is 0 Å². The summed E-state index contributed by atoms with van der Waals surface area (Å²) < 4.78 is 6.59. The van der Waals surface area contributed by atoms with Crippen LogP contribution in [0.1, 0.15) is 33.1 Å². The zero-order valence-electron chi connectivity index (χ0n) is 10.8. The van der Waals surface area contributed by atoms with Gasteiger partial charge >= 0.3 is 5.97 Å². The number of ether oxygens (including phenoxy) is 1. The van der Waals surface area contributed by atoms with E-state index in [1.54, 1.807) is 13.8 Å². The van der Waals surface area contributed by atoms with E-state index in [-0.39, 0.29) is 0 Å². The maximum atomic E-state index is 10.9. The second kappa shape index (κ2) is 6.78. The van der Waals surface area contributed by atoms with Crippen LogP contribution in [0.15, 0.2) is 28.7 Å². The molecule has 0 amide bonds. The van der Waals surface area contributed by atoms with Crippen LogP contribution in [0.4, 0.5) is 0 Å². The van der Waals surface area contributed by atoms with Crippen LogP contribution < -0.4 is 4.74 Å². The van der Waals surface area contributed by atoms with Gasteiger partial charge in [0.25, 0.3) is 0 Å². The van der Waals surface area contributed by atoms with Crippen molar-refractivity contribution in [2.24, 2.45) is 5.41 Å². The van der Waals surface area contributed by atoms with Crippen LogP contribution in [0.5, 0.6) is 5.75 Å². The molecule has 3 nitrogen and oxygen atoms in total. The molecular formula is C14H19BrO3. The first kappa shape index (κ1) is 15.0. The van der Waals surface area contributed by atoms with E-state index in [2.05, 4.69) is 15.9 Å². The Hall–Kier alpha value is -1.03. The molecule has 18 heavy (non-hydrogen) atoms. The highest BCUT2D eigenvalue weighted by molar-refractivity contribution is 9.10. The number of carboxylic acid groups (broad SMARTS) is 1.